The first-order valence-electron chi connectivity index (χ1n) is 3.56. The quantitative estimate of drug-likeness (QED) is 0.410. The van der Waals surface area contributed by atoms with E-state index in [1.807, 2.05) is 4.90 Å². The van der Waals surface area contributed by atoms with Crippen molar-refractivity contribution in [2.45, 2.75) is 0 Å². The Balaban J connectivity index is 0.000000252. The van der Waals surface area contributed by atoms with E-state index in [1.165, 1.54) is 0 Å². The first-order valence-corrected chi connectivity index (χ1v) is 5.13. The minimum atomic E-state index is -4.64. The molecule has 7 nitrogen and oxygen atoms in total. The van der Waals surface area contributed by atoms with Crippen molar-refractivity contribution in [2.24, 2.45) is 4.99 Å². The zero-order chi connectivity index (χ0) is 10.3. The molecule has 0 spiro atoms. The minimum absolute atomic E-state index is 0.228. The van der Waals surface area contributed by atoms with E-state index in [0.717, 1.165) is 19.6 Å². The zero-order valence-electron chi connectivity index (χ0n) is 6.94. The largest absolute Gasteiger partial charge is 0.466 e. The van der Waals surface area contributed by atoms with E-state index in [4.69, 9.17) is 24.4 Å². The summed E-state index contributed by atoms with van der Waals surface area (Å²) >= 11 is 0. The topological polar surface area (TPSA) is 114 Å². The first-order chi connectivity index (χ1) is 5.93. The Labute approximate surface area is 75.6 Å². The molecule has 0 atom stereocenters. The van der Waals surface area contributed by atoms with Crippen LogP contribution in [0.3, 0.4) is 0 Å². The first kappa shape index (κ1) is 12.5. The maximum atomic E-state index is 8.88. The zero-order valence-corrected chi connectivity index (χ0v) is 7.84. The lowest BCUT2D eigenvalue weighted by Gasteiger charge is -2.09. The van der Waals surface area contributed by atoms with E-state index < -0.39 is 7.82 Å². The highest BCUT2D eigenvalue weighted by molar-refractivity contribution is 7.45. The van der Waals surface area contributed by atoms with Crippen LogP contribution in [-0.4, -0.2) is 57.3 Å². The van der Waals surface area contributed by atoms with Gasteiger partial charge in [-0.25, -0.2) is 4.57 Å². The van der Waals surface area contributed by atoms with Crippen molar-refractivity contribution in [1.29, 1.82) is 0 Å². The third-order valence-electron chi connectivity index (χ3n) is 1.15. The van der Waals surface area contributed by atoms with Crippen LogP contribution in [0.5, 0.6) is 0 Å². The fourth-order valence-electron chi connectivity index (χ4n) is 0.715. The van der Waals surface area contributed by atoms with E-state index in [0.29, 0.717) is 0 Å². The van der Waals surface area contributed by atoms with Gasteiger partial charge in [-0.1, -0.05) is 0 Å². The summed E-state index contributed by atoms with van der Waals surface area (Å²) in [7, 11) is -4.64. The maximum Gasteiger partial charge on any atom is 0.466 e. The third kappa shape index (κ3) is 11.5. The van der Waals surface area contributed by atoms with Gasteiger partial charge in [0.05, 0.1) is 19.5 Å². The lowest BCUT2D eigenvalue weighted by Crippen LogP contribution is -2.22. The van der Waals surface area contributed by atoms with Crippen LogP contribution in [0.2, 0.25) is 0 Å². The number of hydrogen-bond donors (Lipinski definition) is 4. The maximum absolute atomic E-state index is 8.88. The molecule has 8 heteroatoms. The molecule has 1 aliphatic rings. The second kappa shape index (κ2) is 6.06. The smallest absolute Gasteiger partial charge is 0.395 e. The second-order valence-corrected chi connectivity index (χ2v) is 3.32. The molecule has 0 saturated heterocycles. The number of aliphatic imine (C=N–C) groups is 1. The predicted octanol–water partition coefficient (Wildman–Crippen LogP) is -1.61. The molecule has 0 aromatic rings. The monoisotopic (exact) mass is 212 g/mol. The average Bonchev–Trinajstić information content (AvgIpc) is 2.36. The molecule has 0 saturated carbocycles. The molecule has 4 N–H and O–H groups in total. The standard InChI is InChI=1S/C5H10N2O.H3O4P/c8-4-3-7-2-1-6-5-7;1-5(2,3)4/h5,8H,1-4H2;(H3,1,2,3,4). The Morgan fingerprint density at radius 1 is 1.46 bits per heavy atom. The highest BCUT2D eigenvalue weighted by Crippen LogP contribution is 2.25. The summed E-state index contributed by atoms with van der Waals surface area (Å²) in [4.78, 5) is 27.5. The Bertz CT molecular complexity index is 195. The molecule has 0 fully saturated rings. The molecule has 1 rings (SSSR count). The molecule has 0 aromatic carbocycles. The molecule has 13 heavy (non-hydrogen) atoms. The van der Waals surface area contributed by atoms with Gasteiger partial charge in [0, 0.05) is 13.1 Å². The molecular weight excluding hydrogens is 199 g/mol. The number of aliphatic hydroxyl groups excluding tert-OH is 1. The molecule has 1 heterocycles. The van der Waals surface area contributed by atoms with E-state index in [1.54, 1.807) is 6.34 Å². The number of phosphoric acid groups is 1. The summed E-state index contributed by atoms with van der Waals surface area (Å²) in [5.74, 6) is 0. The number of nitrogens with zero attached hydrogens (tertiary/aromatic N) is 2. The van der Waals surface area contributed by atoms with Crippen LogP contribution < -0.4 is 0 Å². The summed E-state index contributed by atoms with van der Waals surface area (Å²) in [5, 5.41) is 8.42. The normalized spacial score (nSPS) is 15.5. The highest BCUT2D eigenvalue weighted by atomic mass is 31.2. The number of β-amino-alcohol motifs (C(OH)–C–C–N with tert-alkyl or cyclic N) is 1. The fourth-order valence-corrected chi connectivity index (χ4v) is 0.715. The van der Waals surface area contributed by atoms with Crippen molar-refractivity contribution >= 4 is 14.2 Å². The molecular formula is C5H13N2O5P. The lowest BCUT2D eigenvalue weighted by molar-refractivity contribution is 0.258. The molecule has 0 radical (unpaired) electrons. The van der Waals surface area contributed by atoms with Gasteiger partial charge < -0.3 is 24.7 Å². The Kier molecular flexibility index (Phi) is 5.85. The van der Waals surface area contributed by atoms with Crippen LogP contribution in [0.1, 0.15) is 0 Å². The van der Waals surface area contributed by atoms with Crippen LogP contribution >= 0.6 is 7.82 Å². The number of hydrogen-bond acceptors (Lipinski definition) is 4. The van der Waals surface area contributed by atoms with Crippen LogP contribution in [0.15, 0.2) is 4.99 Å². The molecule has 0 aromatic heterocycles. The number of aliphatic hydroxyl groups is 1. The Morgan fingerprint density at radius 2 is 2.00 bits per heavy atom. The summed E-state index contributed by atoms with van der Waals surface area (Å²) in [6, 6.07) is 0. The van der Waals surface area contributed by atoms with Crippen molar-refractivity contribution < 1.29 is 24.4 Å². The van der Waals surface area contributed by atoms with E-state index in [-0.39, 0.29) is 6.61 Å². The van der Waals surface area contributed by atoms with Crippen molar-refractivity contribution in [3.05, 3.63) is 0 Å². The molecule has 0 amide bonds. The van der Waals surface area contributed by atoms with Gasteiger partial charge >= 0.3 is 7.82 Å². The third-order valence-corrected chi connectivity index (χ3v) is 1.15. The van der Waals surface area contributed by atoms with Gasteiger partial charge in [0.2, 0.25) is 0 Å². The molecule has 0 bridgehead atoms. The van der Waals surface area contributed by atoms with Crippen molar-refractivity contribution in [3.8, 4) is 0 Å². The van der Waals surface area contributed by atoms with Crippen molar-refractivity contribution in [1.82, 2.24) is 4.90 Å². The van der Waals surface area contributed by atoms with Gasteiger partial charge in [-0.2, -0.15) is 0 Å². The molecule has 1 aliphatic heterocycles. The second-order valence-electron chi connectivity index (χ2n) is 2.29. The SMILES string of the molecule is O=P(O)(O)O.OCCN1C=NCC1. The van der Waals surface area contributed by atoms with E-state index in [2.05, 4.69) is 4.99 Å². The lowest BCUT2D eigenvalue weighted by atomic mass is 10.5. The molecule has 0 unspecified atom stereocenters. The van der Waals surface area contributed by atoms with Crippen molar-refractivity contribution in [3.63, 3.8) is 0 Å². The van der Waals surface area contributed by atoms with Crippen LogP contribution in [0.25, 0.3) is 0 Å². The predicted molar refractivity (Wildman–Crippen MR) is 46.3 cm³/mol. The van der Waals surface area contributed by atoms with Crippen molar-refractivity contribution in [2.75, 3.05) is 26.2 Å². The van der Waals surface area contributed by atoms with Gasteiger partial charge in [0.1, 0.15) is 0 Å². The van der Waals surface area contributed by atoms with Gasteiger partial charge in [-0.05, 0) is 0 Å². The Hall–Kier alpha value is -0.460. The van der Waals surface area contributed by atoms with Gasteiger partial charge in [0.25, 0.3) is 0 Å². The van der Waals surface area contributed by atoms with E-state index >= 15 is 0 Å². The summed E-state index contributed by atoms with van der Waals surface area (Å²) < 4.78 is 8.88. The summed E-state index contributed by atoms with van der Waals surface area (Å²) in [6.45, 7) is 2.82. The highest BCUT2D eigenvalue weighted by Gasteiger charge is 2.01. The summed E-state index contributed by atoms with van der Waals surface area (Å²) in [5.41, 5.74) is 0. The minimum Gasteiger partial charge on any atom is -0.395 e. The van der Waals surface area contributed by atoms with Gasteiger partial charge in [-0.15, -0.1) is 0 Å². The average molecular weight is 212 g/mol. The van der Waals surface area contributed by atoms with Gasteiger partial charge in [0.15, 0.2) is 0 Å². The van der Waals surface area contributed by atoms with Crippen LogP contribution in [0.4, 0.5) is 0 Å². The van der Waals surface area contributed by atoms with E-state index in [9.17, 15) is 0 Å². The fraction of sp³-hybridized carbons (Fsp3) is 0.800. The number of rotatable bonds is 2. The van der Waals surface area contributed by atoms with Crippen LogP contribution in [0, 0.1) is 0 Å². The molecule has 78 valence electrons. The van der Waals surface area contributed by atoms with Gasteiger partial charge in [-0.3, -0.25) is 4.99 Å². The van der Waals surface area contributed by atoms with Crippen LogP contribution in [-0.2, 0) is 4.57 Å². The molecule has 0 aliphatic carbocycles. The summed E-state index contributed by atoms with van der Waals surface area (Å²) in [6.07, 6.45) is 1.79. The Morgan fingerprint density at radius 3 is 2.31 bits per heavy atom.